The predicted octanol–water partition coefficient (Wildman–Crippen LogP) is 3.86. The standard InChI is InChI=1S/C17H21N3S/c18-16(21)14-10-13-8-4-5-9-15(13)20-17(14)19-11-12-6-2-1-3-7-12/h4-5,8-10,12H,1-3,6-7,11H2,(H2,18,21)(H,19,20). The molecule has 1 aliphatic carbocycles. The number of thiocarbonyl (C=S) groups is 1. The number of benzene rings is 1. The molecule has 3 nitrogen and oxygen atoms in total. The number of hydrogen-bond donors (Lipinski definition) is 2. The van der Waals surface area contributed by atoms with Crippen molar-refractivity contribution >= 4 is 33.9 Å². The monoisotopic (exact) mass is 299 g/mol. The highest BCUT2D eigenvalue weighted by molar-refractivity contribution is 7.80. The molecule has 21 heavy (non-hydrogen) atoms. The molecule has 2 aromatic rings. The number of aromatic nitrogens is 1. The Bertz CT molecular complexity index is 648. The number of pyridine rings is 1. The first-order chi connectivity index (χ1) is 10.2. The Labute approximate surface area is 130 Å². The molecule has 0 atom stereocenters. The molecule has 0 aliphatic heterocycles. The first-order valence-electron chi connectivity index (χ1n) is 7.67. The average Bonchev–Trinajstić information content (AvgIpc) is 2.53. The molecule has 1 saturated carbocycles. The van der Waals surface area contributed by atoms with Crippen LogP contribution in [0, 0.1) is 5.92 Å². The Morgan fingerprint density at radius 2 is 2.00 bits per heavy atom. The summed E-state index contributed by atoms with van der Waals surface area (Å²) >= 11 is 5.18. The molecule has 4 heteroatoms. The lowest BCUT2D eigenvalue weighted by Gasteiger charge is -2.22. The van der Waals surface area contributed by atoms with Crippen LogP contribution in [0.3, 0.4) is 0 Å². The van der Waals surface area contributed by atoms with E-state index in [2.05, 4.69) is 5.32 Å². The van der Waals surface area contributed by atoms with Gasteiger partial charge in [0.2, 0.25) is 0 Å². The number of nitrogens with two attached hydrogens (primary N) is 1. The highest BCUT2D eigenvalue weighted by Crippen LogP contribution is 2.25. The first-order valence-corrected chi connectivity index (χ1v) is 8.08. The minimum atomic E-state index is 0.402. The molecule has 0 unspecified atom stereocenters. The lowest BCUT2D eigenvalue weighted by atomic mass is 9.89. The maximum absolute atomic E-state index is 5.87. The van der Waals surface area contributed by atoms with E-state index in [1.54, 1.807) is 0 Å². The van der Waals surface area contributed by atoms with E-state index in [0.717, 1.165) is 34.7 Å². The molecule has 1 heterocycles. The molecule has 3 N–H and O–H groups in total. The Morgan fingerprint density at radius 3 is 2.76 bits per heavy atom. The summed E-state index contributed by atoms with van der Waals surface area (Å²) in [5.41, 5.74) is 7.69. The normalized spacial score (nSPS) is 16.0. The SMILES string of the molecule is NC(=S)c1cc2ccccc2nc1NCC1CCCCC1. The first kappa shape index (κ1) is 14.3. The summed E-state index contributed by atoms with van der Waals surface area (Å²) < 4.78 is 0. The second kappa shape index (κ2) is 6.39. The molecule has 110 valence electrons. The molecule has 0 amide bonds. The van der Waals surface area contributed by atoms with E-state index in [4.69, 9.17) is 22.9 Å². The molecule has 0 bridgehead atoms. The van der Waals surface area contributed by atoms with E-state index in [-0.39, 0.29) is 0 Å². The summed E-state index contributed by atoms with van der Waals surface area (Å²) in [7, 11) is 0. The van der Waals surface area contributed by atoms with Crippen LogP contribution in [0.25, 0.3) is 10.9 Å². The Morgan fingerprint density at radius 1 is 1.24 bits per heavy atom. The van der Waals surface area contributed by atoms with Gasteiger partial charge in [-0.05, 0) is 30.9 Å². The summed E-state index contributed by atoms with van der Waals surface area (Å²) in [6.45, 7) is 0.959. The van der Waals surface area contributed by atoms with Crippen molar-refractivity contribution in [2.75, 3.05) is 11.9 Å². The van der Waals surface area contributed by atoms with Crippen LogP contribution >= 0.6 is 12.2 Å². The van der Waals surface area contributed by atoms with Crippen molar-refractivity contribution in [3.63, 3.8) is 0 Å². The summed E-state index contributed by atoms with van der Waals surface area (Å²) in [5.74, 6) is 1.57. The minimum Gasteiger partial charge on any atom is -0.389 e. The van der Waals surface area contributed by atoms with E-state index < -0.39 is 0 Å². The molecule has 0 radical (unpaired) electrons. The Hall–Kier alpha value is -1.68. The van der Waals surface area contributed by atoms with Crippen molar-refractivity contribution < 1.29 is 0 Å². The lowest BCUT2D eigenvalue weighted by Crippen LogP contribution is -2.20. The van der Waals surface area contributed by atoms with Gasteiger partial charge in [-0.1, -0.05) is 49.7 Å². The van der Waals surface area contributed by atoms with Crippen LogP contribution in [0.4, 0.5) is 5.82 Å². The summed E-state index contributed by atoms with van der Waals surface area (Å²) in [6.07, 6.45) is 6.69. The Kier molecular flexibility index (Phi) is 4.34. The smallest absolute Gasteiger partial charge is 0.136 e. The van der Waals surface area contributed by atoms with Gasteiger partial charge in [0.05, 0.1) is 11.1 Å². The van der Waals surface area contributed by atoms with Crippen molar-refractivity contribution in [1.29, 1.82) is 0 Å². The second-order valence-electron chi connectivity index (χ2n) is 5.83. The van der Waals surface area contributed by atoms with E-state index in [9.17, 15) is 0 Å². The third-order valence-corrected chi connectivity index (χ3v) is 4.49. The van der Waals surface area contributed by atoms with E-state index in [0.29, 0.717) is 4.99 Å². The Balaban J connectivity index is 1.84. The molecule has 0 spiro atoms. The molecule has 0 saturated heterocycles. The van der Waals surface area contributed by atoms with Crippen molar-refractivity contribution in [2.45, 2.75) is 32.1 Å². The van der Waals surface area contributed by atoms with Crippen LogP contribution in [0.15, 0.2) is 30.3 Å². The van der Waals surface area contributed by atoms with Gasteiger partial charge in [0.15, 0.2) is 0 Å². The zero-order valence-electron chi connectivity index (χ0n) is 12.1. The fourth-order valence-corrected chi connectivity index (χ4v) is 3.23. The number of nitrogens with one attached hydrogen (secondary N) is 1. The van der Waals surface area contributed by atoms with Crippen LogP contribution in [-0.4, -0.2) is 16.5 Å². The summed E-state index contributed by atoms with van der Waals surface area (Å²) in [5, 5.41) is 4.55. The van der Waals surface area contributed by atoms with Gasteiger partial charge >= 0.3 is 0 Å². The summed E-state index contributed by atoms with van der Waals surface area (Å²) in [4.78, 5) is 5.10. The highest BCUT2D eigenvalue weighted by atomic mass is 32.1. The third kappa shape index (κ3) is 3.32. The van der Waals surface area contributed by atoms with E-state index >= 15 is 0 Å². The van der Waals surface area contributed by atoms with E-state index in [1.165, 1.54) is 32.1 Å². The largest absolute Gasteiger partial charge is 0.389 e. The molecular formula is C17H21N3S. The molecular weight excluding hydrogens is 278 g/mol. The van der Waals surface area contributed by atoms with Gasteiger partial charge in [-0.3, -0.25) is 0 Å². The van der Waals surface area contributed by atoms with Crippen molar-refractivity contribution in [3.8, 4) is 0 Å². The average molecular weight is 299 g/mol. The molecule has 1 aromatic heterocycles. The quantitative estimate of drug-likeness (QED) is 0.842. The van der Waals surface area contributed by atoms with E-state index in [1.807, 2.05) is 30.3 Å². The van der Waals surface area contributed by atoms with Gasteiger partial charge < -0.3 is 11.1 Å². The van der Waals surface area contributed by atoms with Gasteiger partial charge in [-0.15, -0.1) is 0 Å². The lowest BCUT2D eigenvalue weighted by molar-refractivity contribution is 0.373. The molecule has 1 aliphatic rings. The van der Waals surface area contributed by atoms with Gasteiger partial charge in [0.1, 0.15) is 10.8 Å². The number of fused-ring (bicyclic) bond motifs is 1. The van der Waals surface area contributed by atoms with Crippen LogP contribution in [0.2, 0.25) is 0 Å². The predicted molar refractivity (Wildman–Crippen MR) is 92.7 cm³/mol. The maximum atomic E-state index is 5.87. The number of rotatable bonds is 4. The van der Waals surface area contributed by atoms with Crippen LogP contribution < -0.4 is 11.1 Å². The number of anilines is 1. The zero-order valence-corrected chi connectivity index (χ0v) is 13.0. The fraction of sp³-hybridized carbons (Fsp3) is 0.412. The van der Waals surface area contributed by atoms with Crippen molar-refractivity contribution in [3.05, 3.63) is 35.9 Å². The van der Waals surface area contributed by atoms with Gasteiger partial charge in [0, 0.05) is 11.9 Å². The maximum Gasteiger partial charge on any atom is 0.136 e. The number of para-hydroxylation sites is 1. The molecule has 3 rings (SSSR count). The topological polar surface area (TPSA) is 50.9 Å². The highest BCUT2D eigenvalue weighted by Gasteiger charge is 2.15. The molecule has 1 aromatic carbocycles. The van der Waals surface area contributed by atoms with Crippen LogP contribution in [-0.2, 0) is 0 Å². The van der Waals surface area contributed by atoms with Gasteiger partial charge in [-0.2, -0.15) is 0 Å². The van der Waals surface area contributed by atoms with Gasteiger partial charge in [0.25, 0.3) is 0 Å². The van der Waals surface area contributed by atoms with Crippen LogP contribution in [0.1, 0.15) is 37.7 Å². The zero-order chi connectivity index (χ0) is 14.7. The number of hydrogen-bond acceptors (Lipinski definition) is 3. The van der Waals surface area contributed by atoms with Crippen molar-refractivity contribution in [2.24, 2.45) is 11.7 Å². The second-order valence-corrected chi connectivity index (χ2v) is 6.27. The van der Waals surface area contributed by atoms with Crippen molar-refractivity contribution in [1.82, 2.24) is 4.98 Å². The fourth-order valence-electron chi connectivity index (χ4n) is 3.07. The molecule has 1 fully saturated rings. The number of nitrogens with zero attached hydrogens (tertiary/aromatic N) is 1. The van der Waals surface area contributed by atoms with Crippen LogP contribution in [0.5, 0.6) is 0 Å². The third-order valence-electron chi connectivity index (χ3n) is 4.27. The minimum absolute atomic E-state index is 0.402. The summed E-state index contributed by atoms with van der Waals surface area (Å²) in [6, 6.07) is 10.1. The van der Waals surface area contributed by atoms with Gasteiger partial charge in [-0.25, -0.2) is 4.98 Å².